The van der Waals surface area contributed by atoms with Gasteiger partial charge in [-0.15, -0.1) is 11.3 Å². The van der Waals surface area contributed by atoms with Crippen LogP contribution >= 0.6 is 11.3 Å². The van der Waals surface area contributed by atoms with E-state index in [9.17, 15) is 4.79 Å². The highest BCUT2D eigenvalue weighted by molar-refractivity contribution is 7.14. The summed E-state index contributed by atoms with van der Waals surface area (Å²) in [5.41, 5.74) is 3.00. The van der Waals surface area contributed by atoms with Gasteiger partial charge in [0.15, 0.2) is 5.13 Å². The van der Waals surface area contributed by atoms with E-state index in [4.69, 9.17) is 14.2 Å². The number of urea groups is 1. The maximum absolute atomic E-state index is 12.8. The molecule has 2 amide bonds. The van der Waals surface area contributed by atoms with Crippen LogP contribution in [0.4, 0.5) is 21.7 Å². The van der Waals surface area contributed by atoms with E-state index in [-0.39, 0.29) is 0 Å². The molecule has 12 heteroatoms. The van der Waals surface area contributed by atoms with Crippen LogP contribution in [-0.4, -0.2) is 91.6 Å². The van der Waals surface area contributed by atoms with Gasteiger partial charge in [-0.05, 0) is 6.92 Å². The number of nitrogens with zero attached hydrogens (tertiary/aromatic N) is 5. The van der Waals surface area contributed by atoms with Crippen molar-refractivity contribution in [2.24, 2.45) is 0 Å². The maximum atomic E-state index is 12.8. The van der Waals surface area contributed by atoms with Gasteiger partial charge in [-0.2, -0.15) is 9.97 Å². The monoisotopic (exact) mass is 525 g/mol. The minimum atomic E-state index is -0.435. The van der Waals surface area contributed by atoms with Gasteiger partial charge in [0.05, 0.1) is 32.1 Å². The maximum Gasteiger partial charge on any atom is 0.326 e. The molecular formula is C25H31N7O4S. The normalized spacial score (nSPS) is 16.4. The van der Waals surface area contributed by atoms with Crippen molar-refractivity contribution in [2.75, 3.05) is 81.3 Å². The van der Waals surface area contributed by atoms with Crippen LogP contribution in [0.1, 0.15) is 5.56 Å². The average molecular weight is 526 g/mol. The van der Waals surface area contributed by atoms with Crippen molar-refractivity contribution in [3.63, 3.8) is 0 Å². The number of hydrogen-bond acceptors (Lipinski definition) is 10. The minimum Gasteiger partial charge on any atom is -0.476 e. The number of hydrogen-bond donors (Lipinski definition) is 2. The molecule has 0 atom stereocenters. The molecule has 2 aliphatic rings. The van der Waals surface area contributed by atoms with E-state index in [2.05, 4.69) is 30.5 Å². The SMILES string of the molecule is Cc1ccc(-c2csc(NC(=O)Nc3cc(OCCN4CCOCC4)nc(N4CCOCC4)n3)n2)cc1. The second kappa shape index (κ2) is 12.3. The Labute approximate surface area is 219 Å². The zero-order chi connectivity index (χ0) is 25.5. The Hall–Kier alpha value is -3.32. The lowest BCUT2D eigenvalue weighted by atomic mass is 10.1. The first-order valence-corrected chi connectivity index (χ1v) is 13.3. The lowest BCUT2D eigenvalue weighted by Gasteiger charge is -2.28. The van der Waals surface area contributed by atoms with Crippen LogP contribution in [-0.2, 0) is 9.47 Å². The van der Waals surface area contributed by atoms with Crippen molar-refractivity contribution in [1.29, 1.82) is 0 Å². The summed E-state index contributed by atoms with van der Waals surface area (Å²) in [6, 6.07) is 9.32. The number of amides is 2. The van der Waals surface area contributed by atoms with Crippen LogP contribution < -0.4 is 20.3 Å². The van der Waals surface area contributed by atoms with Crippen LogP contribution in [0.15, 0.2) is 35.7 Å². The third-order valence-electron chi connectivity index (χ3n) is 6.06. The molecule has 0 radical (unpaired) electrons. The number of thiazole rings is 1. The lowest BCUT2D eigenvalue weighted by molar-refractivity contribution is 0.0320. The number of carbonyl (C=O) groups is 1. The molecule has 5 rings (SSSR count). The van der Waals surface area contributed by atoms with Crippen molar-refractivity contribution >= 4 is 34.3 Å². The van der Waals surface area contributed by atoms with E-state index in [1.165, 1.54) is 16.9 Å². The largest absolute Gasteiger partial charge is 0.476 e. The molecular weight excluding hydrogens is 494 g/mol. The minimum absolute atomic E-state index is 0.352. The van der Waals surface area contributed by atoms with Crippen LogP contribution in [0, 0.1) is 6.92 Å². The fraction of sp³-hybridized carbons (Fsp3) is 0.440. The standard InChI is InChI=1S/C25H31N7O4S/c1-18-2-4-19(5-3-18)20-17-37-25(26-20)30-24(33)28-21-16-22(36-15-8-31-6-11-34-12-7-31)29-23(27-21)32-9-13-35-14-10-32/h2-5,16-17H,6-15H2,1H3,(H2,26,27,28,29,30,33). The molecule has 0 bridgehead atoms. The van der Waals surface area contributed by atoms with Crippen LogP contribution in [0.5, 0.6) is 5.88 Å². The number of aromatic nitrogens is 3. The number of aryl methyl sites for hydroxylation is 1. The zero-order valence-electron chi connectivity index (χ0n) is 20.8. The molecule has 0 unspecified atom stereocenters. The molecule has 11 nitrogen and oxygen atoms in total. The zero-order valence-corrected chi connectivity index (χ0v) is 21.6. The summed E-state index contributed by atoms with van der Waals surface area (Å²) in [6.07, 6.45) is 0. The van der Waals surface area contributed by atoms with Crippen molar-refractivity contribution < 1.29 is 19.0 Å². The average Bonchev–Trinajstić information content (AvgIpc) is 3.38. The Balaban J connectivity index is 1.24. The Morgan fingerprint density at radius 1 is 1.00 bits per heavy atom. The summed E-state index contributed by atoms with van der Waals surface area (Å²) >= 11 is 1.36. The van der Waals surface area contributed by atoms with Crippen LogP contribution in [0.2, 0.25) is 0 Å². The van der Waals surface area contributed by atoms with E-state index in [0.29, 0.717) is 55.7 Å². The summed E-state index contributed by atoms with van der Waals surface area (Å²) in [4.78, 5) is 30.8. The quantitative estimate of drug-likeness (QED) is 0.458. The van der Waals surface area contributed by atoms with Crippen molar-refractivity contribution in [3.05, 3.63) is 41.3 Å². The van der Waals surface area contributed by atoms with Gasteiger partial charge in [0.25, 0.3) is 0 Å². The first kappa shape index (κ1) is 25.3. The summed E-state index contributed by atoms with van der Waals surface area (Å²) in [6.45, 7) is 9.09. The van der Waals surface area contributed by atoms with E-state index < -0.39 is 6.03 Å². The molecule has 4 heterocycles. The van der Waals surface area contributed by atoms with Crippen molar-refractivity contribution in [1.82, 2.24) is 19.9 Å². The third-order valence-corrected chi connectivity index (χ3v) is 6.82. The molecule has 37 heavy (non-hydrogen) atoms. The molecule has 2 aromatic heterocycles. The molecule has 2 aliphatic heterocycles. The highest BCUT2D eigenvalue weighted by Gasteiger charge is 2.18. The Kier molecular flexibility index (Phi) is 8.41. The number of rotatable bonds is 8. The van der Waals surface area contributed by atoms with Crippen LogP contribution in [0.3, 0.4) is 0 Å². The first-order chi connectivity index (χ1) is 18.1. The van der Waals surface area contributed by atoms with E-state index in [0.717, 1.165) is 44.1 Å². The fourth-order valence-corrected chi connectivity index (χ4v) is 4.71. The summed E-state index contributed by atoms with van der Waals surface area (Å²) in [5, 5.41) is 8.02. The lowest BCUT2D eigenvalue weighted by Crippen LogP contribution is -2.39. The van der Waals surface area contributed by atoms with Gasteiger partial charge in [0.1, 0.15) is 12.4 Å². The van der Waals surface area contributed by atoms with Crippen molar-refractivity contribution in [3.8, 4) is 17.1 Å². The molecule has 196 valence electrons. The smallest absolute Gasteiger partial charge is 0.326 e. The summed E-state index contributed by atoms with van der Waals surface area (Å²) in [5.74, 6) is 1.26. The second-order valence-corrected chi connectivity index (χ2v) is 9.63. The van der Waals surface area contributed by atoms with Gasteiger partial charge >= 0.3 is 6.03 Å². The fourth-order valence-electron chi connectivity index (χ4n) is 3.99. The Morgan fingerprint density at radius 3 is 2.49 bits per heavy atom. The number of anilines is 3. The van der Waals surface area contributed by atoms with E-state index in [1.807, 2.05) is 41.5 Å². The number of nitrogens with one attached hydrogen (secondary N) is 2. The predicted octanol–water partition coefficient (Wildman–Crippen LogP) is 3.10. The number of morpholine rings is 2. The van der Waals surface area contributed by atoms with Gasteiger partial charge in [-0.25, -0.2) is 9.78 Å². The molecule has 0 spiro atoms. The number of ether oxygens (including phenoxy) is 3. The van der Waals surface area contributed by atoms with Gasteiger partial charge < -0.3 is 19.1 Å². The second-order valence-electron chi connectivity index (χ2n) is 8.78. The molecule has 2 N–H and O–H groups in total. The topological polar surface area (TPSA) is 114 Å². The van der Waals surface area contributed by atoms with E-state index in [1.54, 1.807) is 6.07 Å². The number of benzene rings is 1. The molecule has 0 saturated carbocycles. The first-order valence-electron chi connectivity index (χ1n) is 12.4. The van der Waals surface area contributed by atoms with Crippen LogP contribution in [0.25, 0.3) is 11.3 Å². The molecule has 0 aliphatic carbocycles. The van der Waals surface area contributed by atoms with Gasteiger partial charge in [-0.3, -0.25) is 15.5 Å². The highest BCUT2D eigenvalue weighted by Crippen LogP contribution is 2.26. The van der Waals surface area contributed by atoms with Gasteiger partial charge in [0, 0.05) is 49.7 Å². The van der Waals surface area contributed by atoms with E-state index >= 15 is 0 Å². The molecule has 3 aromatic rings. The van der Waals surface area contributed by atoms with Crippen molar-refractivity contribution in [2.45, 2.75) is 6.92 Å². The highest BCUT2D eigenvalue weighted by atomic mass is 32.1. The molecule has 2 saturated heterocycles. The molecule has 1 aromatic carbocycles. The summed E-state index contributed by atoms with van der Waals surface area (Å²) < 4.78 is 16.8. The predicted molar refractivity (Wildman–Crippen MR) is 143 cm³/mol. The Morgan fingerprint density at radius 2 is 1.73 bits per heavy atom. The van der Waals surface area contributed by atoms with Gasteiger partial charge in [0.2, 0.25) is 11.8 Å². The third kappa shape index (κ3) is 7.13. The summed E-state index contributed by atoms with van der Waals surface area (Å²) in [7, 11) is 0. The Bertz CT molecular complexity index is 1180. The van der Waals surface area contributed by atoms with Gasteiger partial charge in [-0.1, -0.05) is 29.8 Å². The number of carbonyl (C=O) groups excluding carboxylic acids is 1. The molecule has 2 fully saturated rings.